The maximum atomic E-state index is 7.05. The second kappa shape index (κ2) is 10.5. The molecule has 0 aliphatic heterocycles. The fourth-order valence-corrected chi connectivity index (χ4v) is 6.09. The van der Waals surface area contributed by atoms with Crippen molar-refractivity contribution in [1.82, 2.24) is 15.0 Å². The van der Waals surface area contributed by atoms with Gasteiger partial charge in [0.25, 0.3) is 0 Å². The number of nitrogens with zero attached hydrogens (tertiary/aromatic N) is 3. The van der Waals surface area contributed by atoms with Gasteiger partial charge in [-0.05, 0) is 50.7 Å². The Morgan fingerprint density at radius 1 is 0.349 bits per heavy atom. The number of benzene rings is 7. The molecule has 202 valence electrons. The van der Waals surface area contributed by atoms with E-state index in [9.17, 15) is 0 Å². The van der Waals surface area contributed by atoms with Crippen LogP contribution in [0.25, 0.3) is 77.6 Å². The maximum Gasteiger partial charge on any atom is 0.164 e. The van der Waals surface area contributed by atoms with Gasteiger partial charge in [0.2, 0.25) is 0 Å². The van der Waals surface area contributed by atoms with Gasteiger partial charge in [-0.3, -0.25) is 0 Å². The van der Waals surface area contributed by atoms with Gasteiger partial charge in [0, 0.05) is 27.6 Å². The highest BCUT2D eigenvalue weighted by Crippen LogP contribution is 2.40. The van der Waals surface area contributed by atoms with Crippen molar-refractivity contribution in [3.05, 3.63) is 151 Å². The Balaban J connectivity index is 1.41. The fraction of sp³-hybridized carbons (Fsp3) is 0. The Bertz CT molecular complexity index is 2210. The SMILES string of the molecule is Clc1c(-c2ccccc2)cc(-c2nc(-c3ccc4ccccc4c3)nc(-c3ccc4ccccc4c3)n2)c2ccccc12. The minimum Gasteiger partial charge on any atom is -0.208 e. The number of halogens is 1. The Labute approximate surface area is 254 Å². The first-order chi connectivity index (χ1) is 21.2. The highest BCUT2D eigenvalue weighted by molar-refractivity contribution is 6.39. The Morgan fingerprint density at radius 2 is 0.837 bits per heavy atom. The molecule has 0 saturated carbocycles. The molecule has 0 fully saturated rings. The first-order valence-corrected chi connectivity index (χ1v) is 14.6. The van der Waals surface area contributed by atoms with Crippen molar-refractivity contribution >= 4 is 43.9 Å². The predicted octanol–water partition coefficient (Wildman–Crippen LogP) is 10.7. The lowest BCUT2D eigenvalue weighted by atomic mass is 9.96. The summed E-state index contributed by atoms with van der Waals surface area (Å²) in [6.07, 6.45) is 0. The first-order valence-electron chi connectivity index (χ1n) is 14.2. The lowest BCUT2D eigenvalue weighted by Gasteiger charge is -2.14. The normalized spacial score (nSPS) is 11.4. The van der Waals surface area contributed by atoms with Gasteiger partial charge in [0.05, 0.1) is 5.02 Å². The molecule has 4 heteroatoms. The summed E-state index contributed by atoms with van der Waals surface area (Å²) in [5.74, 6) is 1.85. The zero-order valence-corrected chi connectivity index (χ0v) is 23.8. The zero-order chi connectivity index (χ0) is 28.8. The summed E-state index contributed by atoms with van der Waals surface area (Å²) in [6, 6.07) is 49.9. The van der Waals surface area contributed by atoms with E-state index in [0.29, 0.717) is 22.5 Å². The van der Waals surface area contributed by atoms with Crippen LogP contribution in [0.5, 0.6) is 0 Å². The van der Waals surface area contributed by atoms with E-state index in [1.807, 2.05) is 30.3 Å². The molecule has 0 aliphatic rings. The topological polar surface area (TPSA) is 38.7 Å². The fourth-order valence-electron chi connectivity index (χ4n) is 5.76. The summed E-state index contributed by atoms with van der Waals surface area (Å²) < 4.78 is 0. The van der Waals surface area contributed by atoms with Gasteiger partial charge in [-0.15, -0.1) is 0 Å². The van der Waals surface area contributed by atoms with Crippen molar-refractivity contribution < 1.29 is 0 Å². The summed E-state index contributed by atoms with van der Waals surface area (Å²) in [5, 5.41) is 7.28. The monoisotopic (exact) mass is 569 g/mol. The number of hydrogen-bond donors (Lipinski definition) is 0. The van der Waals surface area contributed by atoms with Crippen LogP contribution < -0.4 is 0 Å². The molecule has 0 amide bonds. The van der Waals surface area contributed by atoms with Crippen LogP contribution in [0.1, 0.15) is 0 Å². The molecule has 1 heterocycles. The third kappa shape index (κ3) is 4.61. The minimum atomic E-state index is 0.603. The van der Waals surface area contributed by atoms with Gasteiger partial charge in [-0.25, -0.2) is 15.0 Å². The molecule has 43 heavy (non-hydrogen) atoms. The lowest BCUT2D eigenvalue weighted by Crippen LogP contribution is -2.01. The average molecular weight is 570 g/mol. The third-order valence-electron chi connectivity index (χ3n) is 7.96. The predicted molar refractivity (Wildman–Crippen MR) is 179 cm³/mol. The number of aromatic nitrogens is 3. The average Bonchev–Trinajstić information content (AvgIpc) is 3.08. The van der Waals surface area contributed by atoms with Crippen LogP contribution in [-0.2, 0) is 0 Å². The number of hydrogen-bond acceptors (Lipinski definition) is 3. The quantitative estimate of drug-likeness (QED) is 0.211. The van der Waals surface area contributed by atoms with E-state index in [4.69, 9.17) is 26.6 Å². The molecule has 0 bridgehead atoms. The van der Waals surface area contributed by atoms with Gasteiger partial charge in [-0.2, -0.15) is 0 Å². The minimum absolute atomic E-state index is 0.603. The van der Waals surface area contributed by atoms with Crippen LogP contribution in [0.3, 0.4) is 0 Å². The Kier molecular flexibility index (Phi) is 6.17. The van der Waals surface area contributed by atoms with Crippen LogP contribution in [0.15, 0.2) is 146 Å². The molecule has 0 N–H and O–H groups in total. The molecule has 0 aliphatic carbocycles. The summed E-state index contributed by atoms with van der Waals surface area (Å²) in [7, 11) is 0. The smallest absolute Gasteiger partial charge is 0.164 e. The molecule has 1 aromatic heterocycles. The van der Waals surface area contributed by atoms with E-state index in [2.05, 4.69) is 115 Å². The van der Waals surface area contributed by atoms with Crippen LogP contribution in [0.2, 0.25) is 5.02 Å². The standard InChI is InChI=1S/C39H24ClN3/c40-36-33-17-9-8-16-32(33)35(24-34(36)27-12-2-1-3-13-27)39-42-37(30-20-18-25-10-4-6-14-28(25)22-30)41-38(43-39)31-21-19-26-11-5-7-15-29(26)23-31/h1-24H. The molecule has 0 saturated heterocycles. The third-order valence-corrected chi connectivity index (χ3v) is 8.36. The molecule has 0 radical (unpaired) electrons. The lowest BCUT2D eigenvalue weighted by molar-refractivity contribution is 1.08. The van der Waals surface area contributed by atoms with E-state index in [1.54, 1.807) is 0 Å². The van der Waals surface area contributed by atoms with Crippen LogP contribution in [0.4, 0.5) is 0 Å². The molecule has 0 unspecified atom stereocenters. The van der Waals surface area contributed by atoms with Crippen molar-refractivity contribution in [2.24, 2.45) is 0 Å². The maximum absolute atomic E-state index is 7.05. The molecule has 0 spiro atoms. The van der Waals surface area contributed by atoms with Crippen LogP contribution >= 0.6 is 11.6 Å². The first kappa shape index (κ1) is 25.3. The van der Waals surface area contributed by atoms with Crippen LogP contribution in [0, 0.1) is 0 Å². The van der Waals surface area contributed by atoms with Gasteiger partial charge in [-0.1, -0.05) is 139 Å². The zero-order valence-electron chi connectivity index (χ0n) is 23.1. The molecule has 0 atom stereocenters. The molecular formula is C39H24ClN3. The second-order valence-electron chi connectivity index (χ2n) is 10.6. The number of rotatable bonds is 4. The molecule has 3 nitrogen and oxygen atoms in total. The van der Waals surface area contributed by atoms with Crippen molar-refractivity contribution in [3.8, 4) is 45.3 Å². The molecule has 7 aromatic carbocycles. The van der Waals surface area contributed by atoms with Crippen LogP contribution in [-0.4, -0.2) is 15.0 Å². The van der Waals surface area contributed by atoms with Gasteiger partial charge >= 0.3 is 0 Å². The van der Waals surface area contributed by atoms with Gasteiger partial charge < -0.3 is 0 Å². The van der Waals surface area contributed by atoms with Gasteiger partial charge in [0.15, 0.2) is 17.5 Å². The largest absolute Gasteiger partial charge is 0.208 e. The van der Waals surface area contributed by atoms with Crippen molar-refractivity contribution in [2.45, 2.75) is 0 Å². The number of fused-ring (bicyclic) bond motifs is 3. The van der Waals surface area contributed by atoms with E-state index in [0.717, 1.165) is 49.4 Å². The van der Waals surface area contributed by atoms with Crippen molar-refractivity contribution in [2.75, 3.05) is 0 Å². The Morgan fingerprint density at radius 3 is 1.44 bits per heavy atom. The summed E-state index contributed by atoms with van der Waals surface area (Å²) in [6.45, 7) is 0. The molecule has 8 rings (SSSR count). The molecule has 8 aromatic rings. The van der Waals surface area contributed by atoms with E-state index < -0.39 is 0 Å². The van der Waals surface area contributed by atoms with Crippen molar-refractivity contribution in [1.29, 1.82) is 0 Å². The van der Waals surface area contributed by atoms with Gasteiger partial charge in [0.1, 0.15) is 0 Å². The summed E-state index contributed by atoms with van der Waals surface area (Å²) in [5.41, 5.74) is 4.76. The summed E-state index contributed by atoms with van der Waals surface area (Å²) in [4.78, 5) is 15.3. The second-order valence-corrected chi connectivity index (χ2v) is 11.0. The highest BCUT2D eigenvalue weighted by atomic mass is 35.5. The Hall–Kier alpha value is -5.38. The van der Waals surface area contributed by atoms with E-state index in [-0.39, 0.29) is 0 Å². The van der Waals surface area contributed by atoms with E-state index >= 15 is 0 Å². The molecular weight excluding hydrogens is 546 g/mol. The van der Waals surface area contributed by atoms with Crippen molar-refractivity contribution in [3.63, 3.8) is 0 Å². The summed E-state index contributed by atoms with van der Waals surface area (Å²) >= 11 is 7.05. The van der Waals surface area contributed by atoms with E-state index in [1.165, 1.54) is 10.8 Å². The highest BCUT2D eigenvalue weighted by Gasteiger charge is 2.18.